The van der Waals surface area contributed by atoms with Crippen LogP contribution < -0.4 is 0 Å². The zero-order valence-electron chi connectivity index (χ0n) is 8.38. The molecular formula is C12H8N4. The molecule has 3 rings (SSSR count). The number of aromatic nitrogens is 1. The van der Waals surface area contributed by atoms with Gasteiger partial charge in [0.15, 0.2) is 0 Å². The van der Waals surface area contributed by atoms with Crippen LogP contribution in [-0.2, 0) is 0 Å². The molecule has 0 aliphatic carbocycles. The molecule has 0 fully saturated rings. The maximum Gasteiger partial charge on any atom is 0.0616 e. The Kier molecular flexibility index (Phi) is 1.82. The minimum absolute atomic E-state index is 0.635. The number of hydrogen-bond acceptors (Lipinski definition) is 1. The Morgan fingerprint density at radius 2 is 1.81 bits per heavy atom. The van der Waals surface area contributed by atoms with Gasteiger partial charge in [-0.25, -0.2) is 0 Å². The lowest BCUT2D eigenvalue weighted by atomic mass is 10.1. The fraction of sp³-hybridized carbons (Fsp3) is 0. The SMILES string of the molecule is [N-]=[N+]=Nc1cccc2c1[nH]c1ccccc12. The van der Waals surface area contributed by atoms with Crippen LogP contribution in [0.2, 0.25) is 0 Å². The first-order chi connectivity index (χ1) is 7.90. The minimum Gasteiger partial charge on any atom is -0.354 e. The summed E-state index contributed by atoms with van der Waals surface area (Å²) in [5.74, 6) is 0. The van der Waals surface area contributed by atoms with Gasteiger partial charge in [-0.15, -0.1) is 0 Å². The summed E-state index contributed by atoms with van der Waals surface area (Å²) in [7, 11) is 0. The fourth-order valence-corrected chi connectivity index (χ4v) is 1.99. The highest BCUT2D eigenvalue weighted by atomic mass is 15.1. The maximum absolute atomic E-state index is 8.50. The molecule has 4 nitrogen and oxygen atoms in total. The van der Waals surface area contributed by atoms with Crippen LogP contribution in [0, 0.1) is 0 Å². The molecule has 0 aliphatic rings. The van der Waals surface area contributed by atoms with Crippen molar-refractivity contribution in [2.45, 2.75) is 0 Å². The van der Waals surface area contributed by atoms with Crippen molar-refractivity contribution in [3.05, 3.63) is 52.9 Å². The third kappa shape index (κ3) is 1.14. The van der Waals surface area contributed by atoms with Gasteiger partial charge in [0.1, 0.15) is 0 Å². The lowest BCUT2D eigenvalue weighted by Gasteiger charge is -1.93. The molecule has 0 aliphatic heterocycles. The Balaban J connectivity index is 2.53. The molecule has 0 atom stereocenters. The van der Waals surface area contributed by atoms with E-state index in [4.69, 9.17) is 5.53 Å². The van der Waals surface area contributed by atoms with Crippen LogP contribution in [0.15, 0.2) is 47.6 Å². The zero-order valence-corrected chi connectivity index (χ0v) is 8.38. The number of nitrogens with one attached hydrogen (secondary N) is 1. The standard InChI is InChI=1S/C12H8N4/c13-16-15-11-7-3-5-9-8-4-1-2-6-10(8)14-12(9)11/h1-7,14H. The van der Waals surface area contributed by atoms with Crippen LogP contribution in [0.25, 0.3) is 32.2 Å². The van der Waals surface area contributed by atoms with E-state index in [1.165, 1.54) is 0 Å². The molecule has 2 aromatic carbocycles. The lowest BCUT2D eigenvalue weighted by molar-refractivity contribution is 1.46. The molecule has 0 amide bonds. The predicted molar refractivity (Wildman–Crippen MR) is 64.6 cm³/mol. The van der Waals surface area contributed by atoms with E-state index in [2.05, 4.69) is 15.0 Å². The molecule has 0 spiro atoms. The van der Waals surface area contributed by atoms with Crippen molar-refractivity contribution in [2.24, 2.45) is 5.11 Å². The van der Waals surface area contributed by atoms with Crippen molar-refractivity contribution in [3.63, 3.8) is 0 Å². The molecule has 0 radical (unpaired) electrons. The van der Waals surface area contributed by atoms with Crippen molar-refractivity contribution >= 4 is 27.5 Å². The van der Waals surface area contributed by atoms with Gasteiger partial charge >= 0.3 is 0 Å². The molecule has 0 saturated carbocycles. The third-order valence-electron chi connectivity index (χ3n) is 2.67. The average Bonchev–Trinajstić information content (AvgIpc) is 2.69. The number of hydrogen-bond donors (Lipinski definition) is 1. The van der Waals surface area contributed by atoms with Crippen molar-refractivity contribution in [1.29, 1.82) is 0 Å². The Bertz CT molecular complexity index is 720. The summed E-state index contributed by atoms with van der Waals surface area (Å²) < 4.78 is 0. The summed E-state index contributed by atoms with van der Waals surface area (Å²) in [6.07, 6.45) is 0. The number of rotatable bonds is 1. The summed E-state index contributed by atoms with van der Waals surface area (Å²) in [4.78, 5) is 6.10. The number of H-pyrrole nitrogens is 1. The van der Waals surface area contributed by atoms with Crippen LogP contribution in [0.4, 0.5) is 5.69 Å². The molecule has 3 aromatic rings. The van der Waals surface area contributed by atoms with E-state index in [1.807, 2.05) is 36.4 Å². The van der Waals surface area contributed by atoms with Crippen molar-refractivity contribution in [2.75, 3.05) is 0 Å². The summed E-state index contributed by atoms with van der Waals surface area (Å²) in [6.45, 7) is 0. The number of benzene rings is 2. The third-order valence-corrected chi connectivity index (χ3v) is 2.67. The van der Waals surface area contributed by atoms with E-state index in [-0.39, 0.29) is 0 Å². The predicted octanol–water partition coefficient (Wildman–Crippen LogP) is 4.26. The van der Waals surface area contributed by atoms with Gasteiger partial charge in [0, 0.05) is 21.2 Å². The maximum atomic E-state index is 8.50. The second kappa shape index (κ2) is 3.29. The molecule has 1 aromatic heterocycles. The van der Waals surface area contributed by atoms with E-state index in [9.17, 15) is 0 Å². The highest BCUT2D eigenvalue weighted by molar-refractivity contribution is 6.10. The number of fused-ring (bicyclic) bond motifs is 3. The normalized spacial score (nSPS) is 10.5. The molecule has 0 bridgehead atoms. The van der Waals surface area contributed by atoms with Crippen molar-refractivity contribution in [3.8, 4) is 0 Å². The molecule has 0 unspecified atom stereocenters. The van der Waals surface area contributed by atoms with Gasteiger partial charge < -0.3 is 4.98 Å². The first kappa shape index (κ1) is 8.83. The van der Waals surface area contributed by atoms with Gasteiger partial charge in [0.25, 0.3) is 0 Å². The highest BCUT2D eigenvalue weighted by Crippen LogP contribution is 2.31. The lowest BCUT2D eigenvalue weighted by Crippen LogP contribution is -1.68. The van der Waals surface area contributed by atoms with Crippen LogP contribution in [0.3, 0.4) is 0 Å². The van der Waals surface area contributed by atoms with Gasteiger partial charge in [-0.2, -0.15) is 0 Å². The summed E-state index contributed by atoms with van der Waals surface area (Å²) in [5, 5.41) is 5.91. The van der Waals surface area contributed by atoms with Gasteiger partial charge in [-0.05, 0) is 11.6 Å². The number of aromatic amines is 1. The van der Waals surface area contributed by atoms with Gasteiger partial charge in [-0.1, -0.05) is 41.5 Å². The topological polar surface area (TPSA) is 64.6 Å². The molecule has 1 N–H and O–H groups in total. The first-order valence-corrected chi connectivity index (χ1v) is 4.94. The Morgan fingerprint density at radius 1 is 1.00 bits per heavy atom. The van der Waals surface area contributed by atoms with Crippen LogP contribution in [0.1, 0.15) is 0 Å². The van der Waals surface area contributed by atoms with Gasteiger partial charge in [-0.3, -0.25) is 0 Å². The number of para-hydroxylation sites is 2. The second-order valence-corrected chi connectivity index (χ2v) is 3.56. The largest absolute Gasteiger partial charge is 0.354 e. The number of nitrogens with zero attached hydrogens (tertiary/aromatic N) is 3. The van der Waals surface area contributed by atoms with Crippen LogP contribution >= 0.6 is 0 Å². The molecule has 16 heavy (non-hydrogen) atoms. The number of azide groups is 1. The van der Waals surface area contributed by atoms with Gasteiger partial charge in [0.2, 0.25) is 0 Å². The van der Waals surface area contributed by atoms with Crippen LogP contribution in [-0.4, -0.2) is 4.98 Å². The summed E-state index contributed by atoms with van der Waals surface area (Å²) >= 11 is 0. The second-order valence-electron chi connectivity index (χ2n) is 3.56. The Labute approximate surface area is 91.1 Å². The van der Waals surface area contributed by atoms with Crippen molar-refractivity contribution < 1.29 is 0 Å². The molecule has 0 saturated heterocycles. The minimum atomic E-state index is 0.635. The molecule has 4 heteroatoms. The average molecular weight is 208 g/mol. The Hall–Kier alpha value is -2.45. The van der Waals surface area contributed by atoms with Crippen molar-refractivity contribution in [1.82, 2.24) is 4.98 Å². The quantitative estimate of drug-likeness (QED) is 0.352. The van der Waals surface area contributed by atoms with E-state index in [0.29, 0.717) is 5.69 Å². The Morgan fingerprint density at radius 3 is 2.69 bits per heavy atom. The highest BCUT2D eigenvalue weighted by Gasteiger charge is 2.05. The molecule has 1 heterocycles. The summed E-state index contributed by atoms with van der Waals surface area (Å²) in [5.41, 5.74) is 11.1. The van der Waals surface area contributed by atoms with E-state index < -0.39 is 0 Å². The smallest absolute Gasteiger partial charge is 0.0616 e. The summed E-state index contributed by atoms with van der Waals surface area (Å²) in [6, 6.07) is 13.7. The zero-order chi connectivity index (χ0) is 11.0. The molecule has 76 valence electrons. The van der Waals surface area contributed by atoms with Gasteiger partial charge in [0.05, 0.1) is 11.2 Å². The first-order valence-electron chi connectivity index (χ1n) is 4.94. The van der Waals surface area contributed by atoms with Crippen LogP contribution in [0.5, 0.6) is 0 Å². The monoisotopic (exact) mass is 208 g/mol. The fourth-order valence-electron chi connectivity index (χ4n) is 1.99. The van der Waals surface area contributed by atoms with E-state index >= 15 is 0 Å². The van der Waals surface area contributed by atoms with E-state index in [0.717, 1.165) is 21.8 Å². The van der Waals surface area contributed by atoms with E-state index in [1.54, 1.807) is 6.07 Å². The molecular weight excluding hydrogens is 200 g/mol.